The summed E-state index contributed by atoms with van der Waals surface area (Å²) in [4.78, 5) is 29.1. The maximum Gasteiger partial charge on any atom is 0.282 e. The van der Waals surface area contributed by atoms with Crippen LogP contribution in [0, 0.1) is 6.92 Å². The van der Waals surface area contributed by atoms with Gasteiger partial charge in [-0.05, 0) is 36.8 Å². The predicted molar refractivity (Wildman–Crippen MR) is 104 cm³/mol. The molecular formula is C20H19BrN2O3. The number of aryl methyl sites for hydroxylation is 1. The highest BCUT2D eigenvalue weighted by molar-refractivity contribution is 9.10. The van der Waals surface area contributed by atoms with E-state index in [-0.39, 0.29) is 25.0 Å². The second-order valence-electron chi connectivity index (χ2n) is 6.16. The normalized spacial score (nSPS) is 14.4. The smallest absolute Gasteiger partial charge is 0.282 e. The summed E-state index contributed by atoms with van der Waals surface area (Å²) in [7, 11) is 1.70. The van der Waals surface area contributed by atoms with Crippen molar-refractivity contribution in [3.8, 4) is 0 Å². The van der Waals surface area contributed by atoms with Crippen LogP contribution in [-0.2, 0) is 9.59 Å². The van der Waals surface area contributed by atoms with Gasteiger partial charge >= 0.3 is 0 Å². The topological polar surface area (TPSA) is 60.9 Å². The van der Waals surface area contributed by atoms with Gasteiger partial charge in [0.05, 0.1) is 17.9 Å². The Kier molecular flexibility index (Phi) is 5.25. The number of hydrogen-bond donors (Lipinski definition) is 1. The van der Waals surface area contributed by atoms with Gasteiger partial charge in [-0.3, -0.25) is 9.59 Å². The lowest BCUT2D eigenvalue weighted by Crippen LogP contribution is -2.34. The molecule has 0 aliphatic carbocycles. The Labute approximate surface area is 160 Å². The van der Waals surface area contributed by atoms with Gasteiger partial charge in [-0.15, -0.1) is 0 Å². The third-order valence-electron chi connectivity index (χ3n) is 4.30. The molecule has 1 heterocycles. The summed E-state index contributed by atoms with van der Waals surface area (Å²) in [6.45, 7) is 2.12. The van der Waals surface area contributed by atoms with E-state index in [2.05, 4.69) is 15.9 Å². The molecule has 2 aromatic carbocycles. The number of carbonyl (C=O) groups is 2. The van der Waals surface area contributed by atoms with Crippen molar-refractivity contribution in [1.82, 2.24) is 4.90 Å². The van der Waals surface area contributed by atoms with E-state index in [1.165, 1.54) is 4.90 Å². The molecule has 0 atom stereocenters. The highest BCUT2D eigenvalue weighted by Gasteiger charge is 2.41. The average molecular weight is 415 g/mol. The Morgan fingerprint density at radius 3 is 2.19 bits per heavy atom. The molecule has 5 nitrogen and oxygen atoms in total. The highest BCUT2D eigenvalue weighted by Crippen LogP contribution is 2.34. The molecule has 26 heavy (non-hydrogen) atoms. The first-order valence-electron chi connectivity index (χ1n) is 8.21. The first-order valence-corrected chi connectivity index (χ1v) is 9.01. The van der Waals surface area contributed by atoms with Gasteiger partial charge < -0.3 is 10.0 Å². The lowest BCUT2D eigenvalue weighted by Gasteiger charge is -2.20. The van der Waals surface area contributed by atoms with Crippen LogP contribution in [0.2, 0.25) is 0 Å². The molecule has 0 fully saturated rings. The highest BCUT2D eigenvalue weighted by atomic mass is 79.9. The lowest BCUT2D eigenvalue weighted by molar-refractivity contribution is -0.120. The van der Waals surface area contributed by atoms with Crippen molar-refractivity contribution in [3.05, 3.63) is 69.8 Å². The van der Waals surface area contributed by atoms with Crippen LogP contribution in [0.4, 0.5) is 5.69 Å². The number of halogens is 1. The van der Waals surface area contributed by atoms with Crippen molar-refractivity contribution in [2.45, 2.75) is 6.92 Å². The average Bonchev–Trinajstić information content (AvgIpc) is 2.88. The van der Waals surface area contributed by atoms with Crippen LogP contribution < -0.4 is 4.90 Å². The van der Waals surface area contributed by atoms with Crippen LogP contribution in [0.1, 0.15) is 11.1 Å². The predicted octanol–water partition coefficient (Wildman–Crippen LogP) is 2.97. The fraction of sp³-hybridized carbons (Fsp3) is 0.200. The van der Waals surface area contributed by atoms with Crippen molar-refractivity contribution >= 4 is 39.0 Å². The summed E-state index contributed by atoms with van der Waals surface area (Å²) in [6, 6.07) is 14.5. The quantitative estimate of drug-likeness (QED) is 0.763. The number of carbonyl (C=O) groups excluding carboxylic acids is 2. The molecule has 1 N–H and O–H groups in total. The lowest BCUT2D eigenvalue weighted by atomic mass is 10.0. The molecule has 1 aliphatic heterocycles. The molecule has 134 valence electrons. The molecular weight excluding hydrogens is 396 g/mol. The summed E-state index contributed by atoms with van der Waals surface area (Å²) < 4.78 is 0.865. The van der Waals surface area contributed by atoms with Crippen LogP contribution in [-0.4, -0.2) is 42.0 Å². The van der Waals surface area contributed by atoms with Gasteiger partial charge in [0.1, 0.15) is 5.70 Å². The Hall–Kier alpha value is -2.44. The summed E-state index contributed by atoms with van der Waals surface area (Å²) in [5.74, 6) is -0.746. The molecule has 0 radical (unpaired) electrons. The monoisotopic (exact) mass is 414 g/mol. The number of nitrogens with zero attached hydrogens (tertiary/aromatic N) is 2. The van der Waals surface area contributed by atoms with Crippen molar-refractivity contribution in [3.63, 3.8) is 0 Å². The van der Waals surface area contributed by atoms with Gasteiger partial charge in [-0.2, -0.15) is 0 Å². The Bertz CT molecular complexity index is 873. The van der Waals surface area contributed by atoms with Gasteiger partial charge in [0, 0.05) is 18.1 Å². The van der Waals surface area contributed by atoms with E-state index in [1.807, 2.05) is 31.2 Å². The minimum Gasteiger partial charge on any atom is -0.395 e. The van der Waals surface area contributed by atoms with E-state index in [1.54, 1.807) is 36.2 Å². The molecule has 0 aromatic heterocycles. The number of likely N-dealkylation sites (N-methyl/N-ethyl adjacent to an activating group) is 1. The summed E-state index contributed by atoms with van der Waals surface area (Å²) in [5, 5.41) is 9.28. The number of aliphatic hydroxyl groups excluding tert-OH is 1. The molecule has 0 unspecified atom stereocenters. The molecule has 6 heteroatoms. The Morgan fingerprint density at radius 2 is 1.62 bits per heavy atom. The van der Waals surface area contributed by atoms with Crippen LogP contribution in [0.15, 0.2) is 58.7 Å². The van der Waals surface area contributed by atoms with E-state index >= 15 is 0 Å². The van der Waals surface area contributed by atoms with Gasteiger partial charge in [0.15, 0.2) is 0 Å². The summed E-state index contributed by atoms with van der Waals surface area (Å²) in [6.07, 6.45) is 0. The van der Waals surface area contributed by atoms with Gasteiger partial charge in [-0.1, -0.05) is 45.8 Å². The molecule has 1 aliphatic rings. The number of benzene rings is 2. The molecule has 3 rings (SSSR count). The molecule has 0 bridgehead atoms. The minimum atomic E-state index is -0.385. The number of amides is 2. The maximum absolute atomic E-state index is 13.2. The van der Waals surface area contributed by atoms with Crippen molar-refractivity contribution < 1.29 is 14.7 Å². The van der Waals surface area contributed by atoms with Crippen molar-refractivity contribution in [2.24, 2.45) is 0 Å². The van der Waals surface area contributed by atoms with E-state index in [9.17, 15) is 14.7 Å². The fourth-order valence-electron chi connectivity index (χ4n) is 2.94. The standard InChI is InChI=1S/C20H19BrN2O3/c1-13-3-5-14(6-4-13)17-18(22(2)11-12-24)20(26)23(19(17)25)16-9-7-15(21)8-10-16/h3-10,24H,11-12H2,1-2H3. The van der Waals surface area contributed by atoms with Crippen LogP contribution in [0.5, 0.6) is 0 Å². The third-order valence-corrected chi connectivity index (χ3v) is 4.83. The third kappa shape index (κ3) is 3.30. The molecule has 2 aromatic rings. The zero-order chi connectivity index (χ0) is 18.8. The van der Waals surface area contributed by atoms with Crippen molar-refractivity contribution in [2.75, 3.05) is 25.1 Å². The first kappa shape index (κ1) is 18.4. The van der Waals surface area contributed by atoms with Gasteiger partial charge in [-0.25, -0.2) is 4.90 Å². The maximum atomic E-state index is 13.2. The van der Waals surface area contributed by atoms with Crippen molar-refractivity contribution in [1.29, 1.82) is 0 Å². The van der Waals surface area contributed by atoms with Crippen LogP contribution >= 0.6 is 15.9 Å². The number of aliphatic hydroxyl groups is 1. The fourth-order valence-corrected chi connectivity index (χ4v) is 3.20. The zero-order valence-corrected chi connectivity index (χ0v) is 16.2. The summed E-state index contributed by atoms with van der Waals surface area (Å²) >= 11 is 3.36. The summed E-state index contributed by atoms with van der Waals surface area (Å²) in [5.41, 5.74) is 2.93. The van der Waals surface area contributed by atoms with E-state index in [0.717, 1.165) is 10.0 Å². The minimum absolute atomic E-state index is 0.110. The Balaban J connectivity index is 2.11. The van der Waals surface area contributed by atoms with E-state index in [0.29, 0.717) is 22.5 Å². The molecule has 0 saturated heterocycles. The SMILES string of the molecule is Cc1ccc(C2=C(N(C)CCO)C(=O)N(c3ccc(Br)cc3)C2=O)cc1. The van der Waals surface area contributed by atoms with Gasteiger partial charge in [0.25, 0.3) is 11.8 Å². The number of hydrogen-bond acceptors (Lipinski definition) is 4. The molecule has 0 saturated carbocycles. The zero-order valence-electron chi connectivity index (χ0n) is 14.6. The number of rotatable bonds is 5. The number of anilines is 1. The van der Waals surface area contributed by atoms with E-state index in [4.69, 9.17) is 0 Å². The molecule has 2 amide bonds. The van der Waals surface area contributed by atoms with Crippen LogP contribution in [0.3, 0.4) is 0 Å². The van der Waals surface area contributed by atoms with Gasteiger partial charge in [0.2, 0.25) is 0 Å². The second-order valence-corrected chi connectivity index (χ2v) is 7.07. The first-order chi connectivity index (χ1) is 12.4. The largest absolute Gasteiger partial charge is 0.395 e. The second kappa shape index (κ2) is 7.43. The Morgan fingerprint density at radius 1 is 1.00 bits per heavy atom. The van der Waals surface area contributed by atoms with E-state index < -0.39 is 0 Å². The molecule has 0 spiro atoms. The van der Waals surface area contributed by atoms with Crippen LogP contribution in [0.25, 0.3) is 5.57 Å². The number of imide groups is 1.